The topological polar surface area (TPSA) is 25.8 Å². The first-order valence-electron chi connectivity index (χ1n) is 6.58. The van der Waals surface area contributed by atoms with Crippen LogP contribution in [0.1, 0.15) is 11.1 Å². The highest BCUT2D eigenvalue weighted by Crippen LogP contribution is 2.46. The maximum absolute atomic E-state index is 4.60. The van der Waals surface area contributed by atoms with Crippen molar-refractivity contribution in [3.63, 3.8) is 0 Å². The molecule has 2 nitrogen and oxygen atoms in total. The van der Waals surface area contributed by atoms with E-state index in [-0.39, 0.29) is 0 Å². The quantitative estimate of drug-likeness (QED) is 0.467. The summed E-state index contributed by atoms with van der Waals surface area (Å²) in [5.74, 6) is 0. The van der Waals surface area contributed by atoms with E-state index in [0.717, 1.165) is 11.0 Å². The van der Waals surface area contributed by atoms with E-state index < -0.39 is 0 Å². The number of thiophene rings is 3. The molecule has 0 N–H and O–H groups in total. The molecule has 0 aliphatic carbocycles. The second kappa shape index (κ2) is 5.02. The van der Waals surface area contributed by atoms with Crippen LogP contribution in [0.25, 0.3) is 30.5 Å². The van der Waals surface area contributed by atoms with Crippen LogP contribution in [0.5, 0.6) is 0 Å². The Kier molecular flexibility index (Phi) is 3.14. The second-order valence-corrected chi connectivity index (χ2v) is 7.73. The molecule has 0 fully saturated rings. The molecule has 0 aliphatic heterocycles. The van der Waals surface area contributed by atoms with Gasteiger partial charge in [-0.15, -0.1) is 34.0 Å². The van der Waals surface area contributed by atoms with Crippen LogP contribution in [0, 0.1) is 13.8 Å². The Balaban J connectivity index is 2.07. The van der Waals surface area contributed by atoms with Crippen molar-refractivity contribution in [1.29, 1.82) is 0 Å². The van der Waals surface area contributed by atoms with Crippen LogP contribution in [-0.2, 0) is 0 Å². The van der Waals surface area contributed by atoms with Crippen molar-refractivity contribution < 1.29 is 0 Å². The zero-order valence-corrected chi connectivity index (χ0v) is 14.0. The summed E-state index contributed by atoms with van der Waals surface area (Å²) in [4.78, 5) is 14.3. The highest BCUT2D eigenvalue weighted by Gasteiger charge is 2.19. The van der Waals surface area contributed by atoms with Gasteiger partial charge in [0.1, 0.15) is 11.0 Å². The molecule has 0 atom stereocenters. The summed E-state index contributed by atoms with van der Waals surface area (Å²) in [6.45, 7) is 4.31. The van der Waals surface area contributed by atoms with E-state index in [0.29, 0.717) is 0 Å². The third-order valence-corrected chi connectivity index (χ3v) is 7.00. The van der Waals surface area contributed by atoms with Gasteiger partial charge in [0.25, 0.3) is 0 Å². The number of fused-ring (bicyclic) bond motifs is 1. The van der Waals surface area contributed by atoms with E-state index in [1.165, 1.54) is 30.6 Å². The van der Waals surface area contributed by atoms with Gasteiger partial charge in [0.2, 0.25) is 0 Å². The van der Waals surface area contributed by atoms with Gasteiger partial charge in [-0.25, -0.2) is 0 Å². The Labute approximate surface area is 134 Å². The van der Waals surface area contributed by atoms with Crippen LogP contribution in [0.15, 0.2) is 35.3 Å². The Bertz CT molecular complexity index is 856. The minimum absolute atomic E-state index is 1.02. The molecule has 104 valence electrons. The van der Waals surface area contributed by atoms with E-state index in [4.69, 9.17) is 0 Å². The molecule has 0 saturated heterocycles. The van der Waals surface area contributed by atoms with E-state index in [1.807, 2.05) is 11.3 Å². The van der Waals surface area contributed by atoms with Gasteiger partial charge in [0, 0.05) is 22.1 Å². The van der Waals surface area contributed by atoms with Crippen LogP contribution in [0.3, 0.4) is 0 Å². The third kappa shape index (κ3) is 2.04. The Morgan fingerprint density at radius 3 is 1.57 bits per heavy atom. The lowest BCUT2D eigenvalue weighted by atomic mass is 10.2. The summed E-state index contributed by atoms with van der Waals surface area (Å²) in [7, 11) is 0. The molecular weight excluding hydrogens is 316 g/mol. The number of nitrogens with zero attached hydrogens (tertiary/aromatic N) is 2. The van der Waals surface area contributed by atoms with Crippen LogP contribution in [0.4, 0.5) is 0 Å². The molecule has 4 heterocycles. The van der Waals surface area contributed by atoms with Crippen LogP contribution in [-0.4, -0.2) is 9.97 Å². The molecule has 0 amide bonds. The van der Waals surface area contributed by atoms with E-state index in [9.17, 15) is 0 Å². The summed E-state index contributed by atoms with van der Waals surface area (Å²) in [6.07, 6.45) is 3.57. The molecule has 0 unspecified atom stereocenters. The van der Waals surface area contributed by atoms with Crippen molar-refractivity contribution in [1.82, 2.24) is 9.97 Å². The predicted octanol–water partition coefficient (Wildman–Crippen LogP) is 5.77. The monoisotopic (exact) mass is 328 g/mol. The Hall–Kier alpha value is -1.56. The predicted molar refractivity (Wildman–Crippen MR) is 93.5 cm³/mol. The van der Waals surface area contributed by atoms with Crippen molar-refractivity contribution in [3.05, 3.63) is 46.4 Å². The number of aromatic nitrogens is 2. The zero-order valence-electron chi connectivity index (χ0n) is 11.6. The van der Waals surface area contributed by atoms with E-state index >= 15 is 0 Å². The van der Waals surface area contributed by atoms with Crippen LogP contribution >= 0.6 is 34.0 Å². The van der Waals surface area contributed by atoms with E-state index in [1.54, 1.807) is 35.1 Å². The zero-order chi connectivity index (χ0) is 14.4. The number of hydrogen-bond donors (Lipinski definition) is 0. The highest BCUT2D eigenvalue weighted by atomic mass is 32.1. The van der Waals surface area contributed by atoms with Gasteiger partial charge in [-0.2, -0.15) is 0 Å². The number of rotatable bonds is 2. The second-order valence-electron chi connectivity index (χ2n) is 4.88. The lowest BCUT2D eigenvalue weighted by Crippen LogP contribution is -1.80. The molecule has 4 aromatic heterocycles. The molecule has 0 radical (unpaired) electrons. The third-order valence-electron chi connectivity index (χ3n) is 3.47. The molecule has 0 spiro atoms. The maximum Gasteiger partial charge on any atom is 0.109 e. The summed E-state index contributed by atoms with van der Waals surface area (Å²) < 4.78 is 0. The minimum atomic E-state index is 1.02. The van der Waals surface area contributed by atoms with Crippen molar-refractivity contribution in [2.75, 3.05) is 0 Å². The lowest BCUT2D eigenvalue weighted by Gasteiger charge is -1.95. The Morgan fingerprint density at radius 1 is 0.714 bits per heavy atom. The van der Waals surface area contributed by atoms with Gasteiger partial charge < -0.3 is 0 Å². The summed E-state index contributed by atoms with van der Waals surface area (Å²) in [5, 5.41) is 4.28. The molecule has 21 heavy (non-hydrogen) atoms. The molecule has 5 heteroatoms. The first kappa shape index (κ1) is 13.1. The smallest absolute Gasteiger partial charge is 0.109 e. The highest BCUT2D eigenvalue weighted by molar-refractivity contribution is 7.27. The molecule has 0 bridgehead atoms. The van der Waals surface area contributed by atoms with Gasteiger partial charge in [0.05, 0.1) is 9.75 Å². The van der Waals surface area contributed by atoms with Gasteiger partial charge in [-0.1, -0.05) is 0 Å². The molecule has 4 aromatic rings. The summed E-state index contributed by atoms with van der Waals surface area (Å²) >= 11 is 5.37. The average Bonchev–Trinajstić information content (AvgIpc) is 3.17. The Morgan fingerprint density at radius 2 is 1.19 bits per heavy atom. The van der Waals surface area contributed by atoms with E-state index in [2.05, 4.69) is 46.7 Å². The molecule has 4 rings (SSSR count). The molecule has 0 aromatic carbocycles. The standard InChI is InChI=1S/C16H12N2S3/c1-9-3-7-19-13(9)15-11-12(18-6-5-17-11)16(21-15)14-10(2)4-8-20-14/h3-8H,1-2H3. The number of hydrogen-bond acceptors (Lipinski definition) is 5. The van der Waals surface area contributed by atoms with Crippen LogP contribution in [0.2, 0.25) is 0 Å². The first-order chi connectivity index (χ1) is 10.3. The SMILES string of the molecule is Cc1ccsc1-c1sc(-c2sccc2C)c2nccnc12. The molecule has 0 saturated carbocycles. The largest absolute Gasteiger partial charge is 0.251 e. The van der Waals surface area contributed by atoms with Gasteiger partial charge >= 0.3 is 0 Å². The van der Waals surface area contributed by atoms with Crippen molar-refractivity contribution >= 4 is 45.0 Å². The molecule has 0 aliphatic rings. The molecular formula is C16H12N2S3. The van der Waals surface area contributed by atoms with Crippen molar-refractivity contribution in [3.8, 4) is 19.5 Å². The van der Waals surface area contributed by atoms with Crippen molar-refractivity contribution in [2.45, 2.75) is 13.8 Å². The minimum Gasteiger partial charge on any atom is -0.251 e. The fourth-order valence-corrected chi connectivity index (χ4v) is 5.86. The maximum atomic E-state index is 4.60. The summed E-state index contributed by atoms with van der Waals surface area (Å²) in [6, 6.07) is 4.33. The lowest BCUT2D eigenvalue weighted by molar-refractivity contribution is 1.31. The van der Waals surface area contributed by atoms with Gasteiger partial charge in [0.15, 0.2) is 0 Å². The van der Waals surface area contributed by atoms with Gasteiger partial charge in [-0.05, 0) is 47.9 Å². The fraction of sp³-hybridized carbons (Fsp3) is 0.125. The normalized spacial score (nSPS) is 11.3. The summed E-state index contributed by atoms with van der Waals surface area (Å²) in [5.41, 5.74) is 4.67. The average molecular weight is 328 g/mol. The van der Waals surface area contributed by atoms with Gasteiger partial charge in [-0.3, -0.25) is 9.97 Å². The van der Waals surface area contributed by atoms with Crippen LogP contribution < -0.4 is 0 Å². The van der Waals surface area contributed by atoms with Crippen molar-refractivity contribution in [2.24, 2.45) is 0 Å². The fourth-order valence-electron chi connectivity index (χ4n) is 2.39. The first-order valence-corrected chi connectivity index (χ1v) is 9.15. The number of aryl methyl sites for hydroxylation is 2.